The van der Waals surface area contributed by atoms with Gasteiger partial charge in [-0.3, -0.25) is 4.79 Å². The fraction of sp³-hybridized carbons (Fsp3) is 0.250. The minimum atomic E-state index is 0.126. The van der Waals surface area contributed by atoms with Crippen molar-refractivity contribution in [3.05, 3.63) is 66.3 Å². The van der Waals surface area contributed by atoms with Crippen molar-refractivity contribution in [2.75, 3.05) is 11.4 Å². The van der Waals surface area contributed by atoms with Crippen molar-refractivity contribution in [2.45, 2.75) is 26.2 Å². The molecular formula is C20H21NO. The first-order chi connectivity index (χ1) is 10.7. The third-order valence-electron chi connectivity index (χ3n) is 3.70. The minimum Gasteiger partial charge on any atom is -0.307 e. The number of hydrogen-bond acceptors (Lipinski definition) is 1. The Balaban J connectivity index is 2.52. The van der Waals surface area contributed by atoms with E-state index in [1.807, 2.05) is 29.2 Å². The van der Waals surface area contributed by atoms with Gasteiger partial charge in [0, 0.05) is 17.6 Å². The Morgan fingerprint density at radius 1 is 1.27 bits per heavy atom. The topological polar surface area (TPSA) is 20.3 Å². The first-order valence-corrected chi connectivity index (χ1v) is 7.60. The normalized spacial score (nSPS) is 16.7. The second-order valence-corrected chi connectivity index (χ2v) is 5.20. The molecule has 1 aromatic carbocycles. The van der Waals surface area contributed by atoms with Crippen LogP contribution in [0.2, 0.25) is 0 Å². The van der Waals surface area contributed by atoms with Crippen LogP contribution in [0.3, 0.4) is 0 Å². The number of rotatable bonds is 5. The third-order valence-corrected chi connectivity index (χ3v) is 3.70. The van der Waals surface area contributed by atoms with E-state index in [-0.39, 0.29) is 5.91 Å². The molecule has 112 valence electrons. The van der Waals surface area contributed by atoms with E-state index in [0.29, 0.717) is 13.0 Å². The van der Waals surface area contributed by atoms with E-state index in [1.165, 1.54) is 0 Å². The monoisotopic (exact) mass is 291 g/mol. The van der Waals surface area contributed by atoms with Gasteiger partial charge in [-0.15, -0.1) is 0 Å². The summed E-state index contributed by atoms with van der Waals surface area (Å²) in [5.41, 5.74) is 3.51. The van der Waals surface area contributed by atoms with E-state index in [2.05, 4.69) is 31.9 Å². The van der Waals surface area contributed by atoms with E-state index in [1.54, 1.807) is 12.2 Å². The smallest absolute Gasteiger partial charge is 0.227 e. The Labute approximate surface area is 132 Å². The number of allylic oxidation sites excluding steroid dienone is 2. The first kappa shape index (κ1) is 15.9. The number of hydrogen-bond donors (Lipinski definition) is 0. The standard InChI is InChI=1S/C20H21NO/c1-4-7-12-20(22)21-15-17(6-3)16(5-2)13-14-18-10-8-9-11-19(18)21/h5-6,8-11H,2-4,7,12,15H2,1H3/b17-16-. The highest BCUT2D eigenvalue weighted by atomic mass is 16.2. The lowest BCUT2D eigenvalue weighted by Crippen LogP contribution is -2.33. The Morgan fingerprint density at radius 3 is 2.73 bits per heavy atom. The molecule has 0 aromatic heterocycles. The lowest BCUT2D eigenvalue weighted by Gasteiger charge is -2.26. The average Bonchev–Trinajstić information content (AvgIpc) is 2.54. The van der Waals surface area contributed by atoms with Gasteiger partial charge < -0.3 is 4.90 Å². The molecule has 0 spiro atoms. The van der Waals surface area contributed by atoms with Gasteiger partial charge in [-0.05, 0) is 24.1 Å². The molecule has 22 heavy (non-hydrogen) atoms. The first-order valence-electron chi connectivity index (χ1n) is 7.60. The SMILES string of the molecule is C=C/C1=C(\C=C)CN(C(=O)CCCC)c2ccccc2C#C1. The molecule has 0 radical (unpaired) electrons. The van der Waals surface area contributed by atoms with Crippen LogP contribution >= 0.6 is 0 Å². The van der Waals surface area contributed by atoms with E-state index < -0.39 is 0 Å². The van der Waals surface area contributed by atoms with E-state index in [0.717, 1.165) is 35.2 Å². The molecule has 0 N–H and O–H groups in total. The van der Waals surface area contributed by atoms with Crippen LogP contribution < -0.4 is 4.90 Å². The van der Waals surface area contributed by atoms with Gasteiger partial charge in [0.15, 0.2) is 0 Å². The summed E-state index contributed by atoms with van der Waals surface area (Å²) < 4.78 is 0. The van der Waals surface area contributed by atoms with Gasteiger partial charge in [0.1, 0.15) is 0 Å². The van der Waals surface area contributed by atoms with Gasteiger partial charge in [0.25, 0.3) is 0 Å². The van der Waals surface area contributed by atoms with Gasteiger partial charge >= 0.3 is 0 Å². The predicted molar refractivity (Wildman–Crippen MR) is 92.6 cm³/mol. The second-order valence-electron chi connectivity index (χ2n) is 5.20. The maximum atomic E-state index is 12.6. The maximum absolute atomic E-state index is 12.6. The van der Waals surface area contributed by atoms with Crippen molar-refractivity contribution in [1.82, 2.24) is 0 Å². The van der Waals surface area contributed by atoms with E-state index in [9.17, 15) is 4.79 Å². The molecule has 1 aliphatic heterocycles. The Hall–Kier alpha value is -2.53. The summed E-state index contributed by atoms with van der Waals surface area (Å²) in [5, 5.41) is 0. The molecule has 1 aromatic rings. The van der Waals surface area contributed by atoms with Crippen molar-refractivity contribution >= 4 is 11.6 Å². The van der Waals surface area contributed by atoms with Crippen LogP contribution in [0.4, 0.5) is 5.69 Å². The molecule has 1 amide bonds. The van der Waals surface area contributed by atoms with Crippen molar-refractivity contribution in [3.63, 3.8) is 0 Å². The van der Waals surface area contributed by atoms with Gasteiger partial charge in [-0.25, -0.2) is 0 Å². The molecular weight excluding hydrogens is 270 g/mol. The molecule has 0 atom stereocenters. The largest absolute Gasteiger partial charge is 0.307 e. The van der Waals surface area contributed by atoms with Crippen molar-refractivity contribution in [1.29, 1.82) is 0 Å². The minimum absolute atomic E-state index is 0.126. The fourth-order valence-electron chi connectivity index (χ4n) is 2.41. The van der Waals surface area contributed by atoms with Crippen LogP contribution in [0.15, 0.2) is 60.7 Å². The molecule has 0 fully saturated rings. The van der Waals surface area contributed by atoms with Crippen molar-refractivity contribution < 1.29 is 4.79 Å². The summed E-state index contributed by atoms with van der Waals surface area (Å²) in [7, 11) is 0. The quantitative estimate of drug-likeness (QED) is 0.743. The highest BCUT2D eigenvalue weighted by molar-refractivity contribution is 5.95. The maximum Gasteiger partial charge on any atom is 0.227 e. The number of carbonyl (C=O) groups excluding carboxylic acids is 1. The van der Waals surface area contributed by atoms with Gasteiger partial charge in [0.05, 0.1) is 12.2 Å². The zero-order valence-corrected chi connectivity index (χ0v) is 13.1. The number of fused-ring (bicyclic) bond motifs is 1. The van der Waals surface area contributed by atoms with Crippen LogP contribution in [0.1, 0.15) is 31.7 Å². The molecule has 0 bridgehead atoms. The molecule has 0 unspecified atom stereocenters. The Kier molecular flexibility index (Phi) is 5.38. The van der Waals surface area contributed by atoms with Gasteiger partial charge in [-0.1, -0.05) is 62.6 Å². The molecule has 2 heteroatoms. The van der Waals surface area contributed by atoms with Crippen LogP contribution in [0.25, 0.3) is 0 Å². The number of para-hydroxylation sites is 1. The summed E-state index contributed by atoms with van der Waals surface area (Å²) in [6.45, 7) is 10.2. The zero-order valence-electron chi connectivity index (χ0n) is 13.1. The predicted octanol–water partition coefficient (Wildman–Crippen LogP) is 4.24. The lowest BCUT2D eigenvalue weighted by molar-refractivity contribution is -0.118. The number of unbranched alkanes of at least 4 members (excludes halogenated alkanes) is 1. The number of nitrogens with zero attached hydrogens (tertiary/aromatic N) is 1. The van der Waals surface area contributed by atoms with Crippen LogP contribution in [-0.2, 0) is 4.79 Å². The number of amides is 1. The van der Waals surface area contributed by atoms with Crippen LogP contribution in [0, 0.1) is 11.8 Å². The van der Waals surface area contributed by atoms with E-state index in [4.69, 9.17) is 0 Å². The van der Waals surface area contributed by atoms with Crippen LogP contribution in [0.5, 0.6) is 0 Å². The zero-order chi connectivity index (χ0) is 15.9. The highest BCUT2D eigenvalue weighted by Gasteiger charge is 2.20. The summed E-state index contributed by atoms with van der Waals surface area (Å²) in [6, 6.07) is 7.78. The summed E-state index contributed by atoms with van der Waals surface area (Å²) in [5.74, 6) is 6.41. The van der Waals surface area contributed by atoms with Gasteiger partial charge in [0.2, 0.25) is 5.91 Å². The lowest BCUT2D eigenvalue weighted by atomic mass is 10.0. The molecule has 2 nitrogen and oxygen atoms in total. The van der Waals surface area contributed by atoms with Crippen molar-refractivity contribution in [2.24, 2.45) is 0 Å². The average molecular weight is 291 g/mol. The number of benzene rings is 1. The summed E-state index contributed by atoms with van der Waals surface area (Å²) in [4.78, 5) is 14.5. The van der Waals surface area contributed by atoms with Crippen molar-refractivity contribution in [3.8, 4) is 11.8 Å². The number of anilines is 1. The molecule has 0 aliphatic carbocycles. The molecule has 0 saturated heterocycles. The molecule has 1 aliphatic rings. The molecule has 1 heterocycles. The Morgan fingerprint density at radius 2 is 2.05 bits per heavy atom. The van der Waals surface area contributed by atoms with Gasteiger partial charge in [-0.2, -0.15) is 0 Å². The molecule has 0 saturated carbocycles. The highest BCUT2D eigenvalue weighted by Crippen LogP contribution is 2.25. The fourth-order valence-corrected chi connectivity index (χ4v) is 2.41. The molecule has 2 rings (SSSR count). The van der Waals surface area contributed by atoms with E-state index >= 15 is 0 Å². The third kappa shape index (κ3) is 3.38. The van der Waals surface area contributed by atoms with Crippen LogP contribution in [-0.4, -0.2) is 12.5 Å². The second kappa shape index (κ2) is 7.47. The number of carbonyl (C=O) groups is 1. The Bertz CT molecular complexity index is 685. The summed E-state index contributed by atoms with van der Waals surface area (Å²) >= 11 is 0. The summed E-state index contributed by atoms with van der Waals surface area (Å²) in [6.07, 6.45) is 5.94.